The van der Waals surface area contributed by atoms with E-state index < -0.39 is 10.0 Å². The zero-order chi connectivity index (χ0) is 12.5. The van der Waals surface area contributed by atoms with Crippen LogP contribution in [0.3, 0.4) is 0 Å². The number of hydrogen-bond donors (Lipinski definition) is 1. The minimum atomic E-state index is -3.61. The van der Waals surface area contributed by atoms with Crippen LogP contribution >= 0.6 is 11.6 Å². The van der Waals surface area contributed by atoms with Crippen molar-refractivity contribution in [3.8, 4) is 0 Å². The Kier molecular flexibility index (Phi) is 3.62. The van der Waals surface area contributed by atoms with E-state index in [1.807, 2.05) is 6.92 Å². The average Bonchev–Trinajstić information content (AvgIpc) is 2.64. The third-order valence-electron chi connectivity index (χ3n) is 2.59. The first-order chi connectivity index (χ1) is 7.99. The van der Waals surface area contributed by atoms with Crippen LogP contribution in [-0.4, -0.2) is 37.1 Å². The molecule has 0 saturated carbocycles. The molecule has 1 N–H and O–H groups in total. The molecule has 0 amide bonds. The van der Waals surface area contributed by atoms with Crippen LogP contribution in [0.5, 0.6) is 0 Å². The first kappa shape index (κ1) is 12.7. The van der Waals surface area contributed by atoms with Crippen molar-refractivity contribution in [2.45, 2.75) is 30.4 Å². The lowest BCUT2D eigenvalue weighted by molar-refractivity contribution is 0.117. The molecule has 2 atom stereocenters. The lowest BCUT2D eigenvalue weighted by atomic mass is 10.2. The van der Waals surface area contributed by atoms with E-state index in [1.54, 1.807) is 0 Å². The van der Waals surface area contributed by atoms with E-state index in [1.165, 1.54) is 12.4 Å². The van der Waals surface area contributed by atoms with Crippen molar-refractivity contribution in [3.05, 3.63) is 17.7 Å². The molecule has 2 rings (SSSR count). The van der Waals surface area contributed by atoms with E-state index in [2.05, 4.69) is 14.7 Å². The Labute approximate surface area is 104 Å². The Hall–Kier alpha value is -0.760. The van der Waals surface area contributed by atoms with Gasteiger partial charge in [0.1, 0.15) is 4.90 Å². The lowest BCUT2D eigenvalue weighted by Crippen LogP contribution is -2.39. The number of nitrogens with zero attached hydrogens (tertiary/aromatic N) is 2. The number of aromatic nitrogens is 2. The topological polar surface area (TPSA) is 81.2 Å². The highest BCUT2D eigenvalue weighted by molar-refractivity contribution is 7.89. The van der Waals surface area contributed by atoms with Gasteiger partial charge in [-0.05, 0) is 24.9 Å². The molecule has 0 radical (unpaired) electrons. The number of sulfonamides is 1. The van der Waals surface area contributed by atoms with Gasteiger partial charge in [0, 0.05) is 6.61 Å². The van der Waals surface area contributed by atoms with Crippen molar-refractivity contribution in [1.82, 2.24) is 14.7 Å². The summed E-state index contributed by atoms with van der Waals surface area (Å²) in [7, 11) is -3.61. The summed E-state index contributed by atoms with van der Waals surface area (Å²) in [6, 6.07) is -0.212. The van der Waals surface area contributed by atoms with Crippen molar-refractivity contribution in [1.29, 1.82) is 0 Å². The summed E-state index contributed by atoms with van der Waals surface area (Å²) in [4.78, 5) is 7.29. The molecule has 17 heavy (non-hydrogen) atoms. The van der Waals surface area contributed by atoms with Gasteiger partial charge in [0.25, 0.3) is 0 Å². The Bertz CT molecular complexity index is 491. The zero-order valence-electron chi connectivity index (χ0n) is 9.13. The fourth-order valence-corrected chi connectivity index (χ4v) is 2.92. The van der Waals surface area contributed by atoms with Crippen LogP contribution in [0.15, 0.2) is 17.3 Å². The van der Waals surface area contributed by atoms with Gasteiger partial charge in [0.2, 0.25) is 15.3 Å². The molecule has 1 aliphatic rings. The van der Waals surface area contributed by atoms with E-state index in [-0.39, 0.29) is 22.3 Å². The van der Waals surface area contributed by atoms with Gasteiger partial charge in [0.05, 0.1) is 24.5 Å². The molecule has 1 aromatic heterocycles. The van der Waals surface area contributed by atoms with E-state index in [0.717, 1.165) is 0 Å². The molecule has 94 valence electrons. The fraction of sp³-hybridized carbons (Fsp3) is 0.556. The SMILES string of the molecule is CC1OCCC1NS(=O)(=O)c1cnc(Cl)nc1. The fourth-order valence-electron chi connectivity index (χ4n) is 1.59. The minimum absolute atomic E-state index is 0.000926. The second kappa shape index (κ2) is 4.85. The van der Waals surface area contributed by atoms with Gasteiger partial charge in [-0.3, -0.25) is 0 Å². The van der Waals surface area contributed by atoms with Crippen molar-refractivity contribution >= 4 is 21.6 Å². The van der Waals surface area contributed by atoms with Gasteiger partial charge >= 0.3 is 0 Å². The van der Waals surface area contributed by atoms with Crippen molar-refractivity contribution < 1.29 is 13.2 Å². The second-order valence-electron chi connectivity index (χ2n) is 3.78. The first-order valence-electron chi connectivity index (χ1n) is 5.10. The van der Waals surface area contributed by atoms with E-state index in [9.17, 15) is 8.42 Å². The maximum absolute atomic E-state index is 12.0. The molecular formula is C9H12ClN3O3S. The molecule has 0 bridgehead atoms. The molecule has 6 nitrogen and oxygen atoms in total. The molecule has 2 heterocycles. The summed E-state index contributed by atoms with van der Waals surface area (Å²) in [6.07, 6.45) is 2.89. The van der Waals surface area contributed by atoms with Crippen molar-refractivity contribution in [2.24, 2.45) is 0 Å². The molecule has 1 saturated heterocycles. The van der Waals surface area contributed by atoms with Gasteiger partial charge in [-0.25, -0.2) is 23.1 Å². The molecule has 2 unspecified atom stereocenters. The first-order valence-corrected chi connectivity index (χ1v) is 6.96. The van der Waals surface area contributed by atoms with Gasteiger partial charge in [-0.15, -0.1) is 0 Å². The Morgan fingerprint density at radius 2 is 2.12 bits per heavy atom. The Balaban J connectivity index is 2.16. The molecule has 0 spiro atoms. The van der Waals surface area contributed by atoms with E-state index >= 15 is 0 Å². The number of halogens is 1. The predicted molar refractivity (Wildman–Crippen MR) is 61.2 cm³/mol. The average molecular weight is 278 g/mol. The van der Waals surface area contributed by atoms with Crippen LogP contribution in [0.1, 0.15) is 13.3 Å². The van der Waals surface area contributed by atoms with Gasteiger partial charge in [-0.1, -0.05) is 0 Å². The summed E-state index contributed by atoms with van der Waals surface area (Å²) in [5.41, 5.74) is 0. The molecule has 1 fully saturated rings. The highest BCUT2D eigenvalue weighted by atomic mass is 35.5. The molecule has 0 aromatic carbocycles. The molecule has 1 aromatic rings. The van der Waals surface area contributed by atoms with Crippen molar-refractivity contribution in [3.63, 3.8) is 0 Å². The van der Waals surface area contributed by atoms with Gasteiger partial charge in [-0.2, -0.15) is 0 Å². The van der Waals surface area contributed by atoms with Crippen molar-refractivity contribution in [2.75, 3.05) is 6.61 Å². The maximum atomic E-state index is 12.0. The lowest BCUT2D eigenvalue weighted by Gasteiger charge is -2.15. The second-order valence-corrected chi connectivity index (χ2v) is 5.83. The van der Waals surface area contributed by atoms with Crippen LogP contribution in [0.4, 0.5) is 0 Å². The highest BCUT2D eigenvalue weighted by Crippen LogP contribution is 2.16. The van der Waals surface area contributed by atoms with Gasteiger partial charge < -0.3 is 4.74 Å². The summed E-state index contributed by atoms with van der Waals surface area (Å²) < 4.78 is 31.8. The molecular weight excluding hydrogens is 266 g/mol. The summed E-state index contributed by atoms with van der Waals surface area (Å²) in [6.45, 7) is 2.39. The number of rotatable bonds is 3. The highest BCUT2D eigenvalue weighted by Gasteiger charge is 2.29. The van der Waals surface area contributed by atoms with Crippen LogP contribution in [0, 0.1) is 0 Å². The summed E-state index contributed by atoms with van der Waals surface area (Å²) in [5, 5.41) is 0.0153. The number of hydrogen-bond acceptors (Lipinski definition) is 5. The maximum Gasteiger partial charge on any atom is 0.243 e. The third kappa shape index (κ3) is 2.92. The molecule has 1 aliphatic heterocycles. The minimum Gasteiger partial charge on any atom is -0.377 e. The van der Waals surface area contributed by atoms with Crippen LogP contribution in [-0.2, 0) is 14.8 Å². The summed E-state index contributed by atoms with van der Waals surface area (Å²) in [5.74, 6) is 0. The zero-order valence-corrected chi connectivity index (χ0v) is 10.7. The van der Waals surface area contributed by atoms with Crippen LogP contribution < -0.4 is 4.72 Å². The molecule has 0 aliphatic carbocycles. The monoisotopic (exact) mass is 277 g/mol. The van der Waals surface area contributed by atoms with E-state index in [4.69, 9.17) is 16.3 Å². The Morgan fingerprint density at radius 1 is 1.47 bits per heavy atom. The van der Waals surface area contributed by atoms with Gasteiger partial charge in [0.15, 0.2) is 0 Å². The third-order valence-corrected chi connectivity index (χ3v) is 4.23. The summed E-state index contributed by atoms with van der Waals surface area (Å²) >= 11 is 5.50. The van der Waals surface area contributed by atoms with Crippen LogP contribution in [0.25, 0.3) is 0 Å². The van der Waals surface area contributed by atoms with Crippen LogP contribution in [0.2, 0.25) is 5.28 Å². The predicted octanol–water partition coefficient (Wildman–Crippen LogP) is 0.586. The van der Waals surface area contributed by atoms with E-state index in [0.29, 0.717) is 13.0 Å². The quantitative estimate of drug-likeness (QED) is 0.818. The smallest absolute Gasteiger partial charge is 0.243 e. The standard InChI is InChI=1S/C9H12ClN3O3S/c1-6-8(2-3-16-6)13-17(14,15)7-4-11-9(10)12-5-7/h4-6,8,13H,2-3H2,1H3. The molecule has 8 heteroatoms. The number of nitrogens with one attached hydrogen (secondary N) is 1. The Morgan fingerprint density at radius 3 is 2.65 bits per heavy atom. The normalized spacial score (nSPS) is 25.1. The largest absolute Gasteiger partial charge is 0.377 e. The number of ether oxygens (including phenoxy) is 1.